The van der Waals surface area contributed by atoms with Crippen LogP contribution in [0.5, 0.6) is 5.75 Å². The van der Waals surface area contributed by atoms with Gasteiger partial charge in [0.15, 0.2) is 6.61 Å². The van der Waals surface area contributed by atoms with Crippen LogP contribution in [-0.4, -0.2) is 32.7 Å². The number of rotatable bonds is 7. The van der Waals surface area contributed by atoms with E-state index in [0.717, 1.165) is 21.8 Å². The van der Waals surface area contributed by atoms with Gasteiger partial charge in [-0.15, -0.1) is 16.9 Å². The molecule has 3 aromatic rings. The van der Waals surface area contributed by atoms with E-state index in [4.69, 9.17) is 9.84 Å². The molecule has 1 aromatic heterocycles. The van der Waals surface area contributed by atoms with E-state index in [1.807, 2.05) is 56.4 Å². The first-order valence-corrected chi connectivity index (χ1v) is 9.06. The van der Waals surface area contributed by atoms with Crippen LogP contribution in [0.4, 0.5) is 0 Å². The first kappa shape index (κ1) is 18.0. The molecule has 0 radical (unpaired) electrons. The Morgan fingerprint density at radius 3 is 2.65 bits per heavy atom. The highest BCUT2D eigenvalue weighted by Gasteiger charge is 2.07. The van der Waals surface area contributed by atoms with Gasteiger partial charge in [-0.25, -0.2) is 9.48 Å². The third-order valence-corrected chi connectivity index (χ3v) is 4.75. The molecule has 1 heterocycles. The standard InChI is InChI=1S/C19H19N3O3S/c1-13-3-5-16(6-4-13)22-10-15(20-21-22)12-26-17-7-8-18(14(2)9-17)25-11-19(23)24/h3-10H,11-12H2,1-2H3,(H,23,24). The molecule has 0 aliphatic carbocycles. The third kappa shape index (κ3) is 4.64. The highest BCUT2D eigenvalue weighted by molar-refractivity contribution is 7.98. The molecule has 3 rings (SSSR count). The fourth-order valence-electron chi connectivity index (χ4n) is 2.36. The van der Waals surface area contributed by atoms with Crippen LogP contribution in [0.3, 0.4) is 0 Å². The molecule has 0 aliphatic rings. The second-order valence-electron chi connectivity index (χ2n) is 5.89. The molecule has 0 amide bonds. The zero-order valence-electron chi connectivity index (χ0n) is 14.5. The summed E-state index contributed by atoms with van der Waals surface area (Å²) in [6.45, 7) is 3.61. The van der Waals surface area contributed by atoms with Gasteiger partial charge in [0, 0.05) is 10.6 Å². The van der Waals surface area contributed by atoms with Crippen LogP contribution >= 0.6 is 11.8 Å². The van der Waals surface area contributed by atoms with Crippen molar-refractivity contribution in [2.24, 2.45) is 0 Å². The Kier molecular flexibility index (Phi) is 5.58. The molecule has 0 fully saturated rings. The van der Waals surface area contributed by atoms with Crippen molar-refractivity contribution in [2.75, 3.05) is 6.61 Å². The molecule has 26 heavy (non-hydrogen) atoms. The molecule has 134 valence electrons. The molecule has 0 bridgehead atoms. The molecule has 0 spiro atoms. The number of benzene rings is 2. The van der Waals surface area contributed by atoms with E-state index in [1.165, 1.54) is 5.56 Å². The van der Waals surface area contributed by atoms with Crippen LogP contribution in [0.1, 0.15) is 16.8 Å². The predicted molar refractivity (Wildman–Crippen MR) is 100.0 cm³/mol. The van der Waals surface area contributed by atoms with Crippen LogP contribution in [0.15, 0.2) is 53.6 Å². The number of carbonyl (C=O) groups is 1. The number of carboxylic acids is 1. The molecule has 7 heteroatoms. The fourth-order valence-corrected chi connectivity index (χ4v) is 3.23. The van der Waals surface area contributed by atoms with Crippen LogP contribution in [0.2, 0.25) is 0 Å². The van der Waals surface area contributed by atoms with E-state index in [2.05, 4.69) is 10.3 Å². The van der Waals surface area contributed by atoms with Crippen LogP contribution in [0, 0.1) is 13.8 Å². The summed E-state index contributed by atoms with van der Waals surface area (Å²) in [5.41, 5.74) is 3.98. The summed E-state index contributed by atoms with van der Waals surface area (Å²) in [6, 6.07) is 13.8. The molecule has 0 saturated heterocycles. The third-order valence-electron chi connectivity index (χ3n) is 3.72. The number of thioether (sulfide) groups is 1. The Hall–Kier alpha value is -2.80. The van der Waals surface area contributed by atoms with Gasteiger partial charge in [0.25, 0.3) is 0 Å². The van der Waals surface area contributed by atoms with E-state index in [0.29, 0.717) is 11.5 Å². The summed E-state index contributed by atoms with van der Waals surface area (Å²) in [5, 5.41) is 17.1. The number of hydrogen-bond acceptors (Lipinski definition) is 5. The lowest BCUT2D eigenvalue weighted by Crippen LogP contribution is -2.09. The number of aryl methyl sites for hydroxylation is 2. The van der Waals surface area contributed by atoms with E-state index >= 15 is 0 Å². The zero-order chi connectivity index (χ0) is 18.5. The maximum atomic E-state index is 10.6. The predicted octanol–water partition coefficient (Wildman–Crippen LogP) is 3.64. The molecule has 0 aliphatic heterocycles. The Bertz CT molecular complexity index is 907. The first-order chi connectivity index (χ1) is 12.5. The largest absolute Gasteiger partial charge is 0.482 e. The number of ether oxygens (including phenoxy) is 1. The Morgan fingerprint density at radius 2 is 1.96 bits per heavy atom. The summed E-state index contributed by atoms with van der Waals surface area (Å²) in [4.78, 5) is 11.7. The van der Waals surface area contributed by atoms with Crippen molar-refractivity contribution >= 4 is 17.7 Å². The van der Waals surface area contributed by atoms with Crippen molar-refractivity contribution in [3.05, 3.63) is 65.5 Å². The van der Waals surface area contributed by atoms with E-state index in [1.54, 1.807) is 22.5 Å². The van der Waals surface area contributed by atoms with Gasteiger partial charge >= 0.3 is 5.97 Å². The second kappa shape index (κ2) is 8.05. The smallest absolute Gasteiger partial charge is 0.341 e. The van der Waals surface area contributed by atoms with Gasteiger partial charge in [0.1, 0.15) is 5.75 Å². The van der Waals surface area contributed by atoms with E-state index < -0.39 is 5.97 Å². The van der Waals surface area contributed by atoms with E-state index in [-0.39, 0.29) is 6.61 Å². The molecule has 6 nitrogen and oxygen atoms in total. The van der Waals surface area contributed by atoms with Crippen LogP contribution in [-0.2, 0) is 10.5 Å². The molecule has 1 N–H and O–H groups in total. The quantitative estimate of drug-likeness (QED) is 0.641. The van der Waals surface area contributed by atoms with Crippen molar-refractivity contribution in [1.82, 2.24) is 15.0 Å². The van der Waals surface area contributed by atoms with Gasteiger partial charge < -0.3 is 9.84 Å². The van der Waals surface area contributed by atoms with Crippen molar-refractivity contribution in [3.63, 3.8) is 0 Å². The number of carboxylic acid groups (broad SMARTS) is 1. The first-order valence-electron chi connectivity index (χ1n) is 8.07. The monoisotopic (exact) mass is 369 g/mol. The zero-order valence-corrected chi connectivity index (χ0v) is 15.4. The minimum atomic E-state index is -0.987. The van der Waals surface area contributed by atoms with Gasteiger partial charge in [-0.2, -0.15) is 0 Å². The normalized spacial score (nSPS) is 10.7. The summed E-state index contributed by atoms with van der Waals surface area (Å²) >= 11 is 1.64. The Balaban J connectivity index is 1.61. The summed E-state index contributed by atoms with van der Waals surface area (Å²) < 4.78 is 7.01. The minimum Gasteiger partial charge on any atom is -0.482 e. The molecule has 0 saturated carbocycles. The highest BCUT2D eigenvalue weighted by atomic mass is 32.2. The Morgan fingerprint density at radius 1 is 1.19 bits per heavy atom. The molecule has 0 atom stereocenters. The average Bonchev–Trinajstić information content (AvgIpc) is 3.08. The SMILES string of the molecule is Cc1ccc(-n2cc(CSc3ccc(OCC(=O)O)c(C)c3)nn2)cc1. The van der Waals surface area contributed by atoms with Crippen LogP contribution in [0.25, 0.3) is 5.69 Å². The van der Waals surface area contributed by atoms with Crippen molar-refractivity contribution in [1.29, 1.82) is 0 Å². The number of hydrogen-bond donors (Lipinski definition) is 1. The fraction of sp³-hybridized carbons (Fsp3) is 0.211. The van der Waals surface area contributed by atoms with E-state index in [9.17, 15) is 4.79 Å². The van der Waals surface area contributed by atoms with Crippen molar-refractivity contribution in [3.8, 4) is 11.4 Å². The highest BCUT2D eigenvalue weighted by Crippen LogP contribution is 2.27. The number of aromatic nitrogens is 3. The lowest BCUT2D eigenvalue weighted by molar-refractivity contribution is -0.139. The molecule has 0 unspecified atom stereocenters. The maximum absolute atomic E-state index is 10.6. The lowest BCUT2D eigenvalue weighted by atomic mass is 10.2. The van der Waals surface area contributed by atoms with Crippen LogP contribution < -0.4 is 4.74 Å². The molecular weight excluding hydrogens is 350 g/mol. The molecule has 2 aromatic carbocycles. The Labute approximate surface area is 155 Å². The van der Waals surface area contributed by atoms with Crippen molar-refractivity contribution < 1.29 is 14.6 Å². The van der Waals surface area contributed by atoms with Crippen molar-refractivity contribution in [2.45, 2.75) is 24.5 Å². The minimum absolute atomic E-state index is 0.338. The number of aliphatic carboxylic acids is 1. The maximum Gasteiger partial charge on any atom is 0.341 e. The topological polar surface area (TPSA) is 77.2 Å². The summed E-state index contributed by atoms with van der Waals surface area (Å²) in [6.07, 6.45) is 1.93. The average molecular weight is 369 g/mol. The summed E-state index contributed by atoms with van der Waals surface area (Å²) in [5.74, 6) is 0.294. The lowest BCUT2D eigenvalue weighted by Gasteiger charge is -2.08. The number of nitrogens with zero attached hydrogens (tertiary/aromatic N) is 3. The van der Waals surface area contributed by atoms with Gasteiger partial charge in [-0.1, -0.05) is 22.9 Å². The van der Waals surface area contributed by atoms with Gasteiger partial charge in [-0.3, -0.25) is 0 Å². The van der Waals surface area contributed by atoms with Gasteiger partial charge in [-0.05, 0) is 49.7 Å². The van der Waals surface area contributed by atoms with Gasteiger partial charge in [0.2, 0.25) is 0 Å². The molecular formula is C19H19N3O3S. The van der Waals surface area contributed by atoms with Gasteiger partial charge in [0.05, 0.1) is 17.6 Å². The second-order valence-corrected chi connectivity index (χ2v) is 6.94. The summed E-state index contributed by atoms with van der Waals surface area (Å²) in [7, 11) is 0.